The van der Waals surface area contributed by atoms with Crippen LogP contribution in [-0.2, 0) is 20.9 Å². The van der Waals surface area contributed by atoms with E-state index in [1.165, 1.54) is 11.1 Å². The van der Waals surface area contributed by atoms with E-state index in [2.05, 4.69) is 36.1 Å². The second-order valence-electron chi connectivity index (χ2n) is 8.07. The van der Waals surface area contributed by atoms with E-state index in [9.17, 15) is 24.6 Å². The Kier molecular flexibility index (Phi) is 10.6. The SMILES string of the molecule is Cc1ccc(CN2CCN(CC=O)CCN(CC(=O)O)CCN(CC(=O)O)CC2)cc1. The van der Waals surface area contributed by atoms with Crippen molar-refractivity contribution in [2.24, 2.45) is 0 Å². The highest BCUT2D eigenvalue weighted by Gasteiger charge is 2.19. The summed E-state index contributed by atoms with van der Waals surface area (Å²) in [5.41, 5.74) is 2.39. The molecule has 9 nitrogen and oxygen atoms in total. The van der Waals surface area contributed by atoms with E-state index in [0.717, 1.165) is 19.4 Å². The molecule has 0 spiro atoms. The number of rotatable bonds is 8. The molecular weight excluding hydrogens is 400 g/mol. The fourth-order valence-electron chi connectivity index (χ4n) is 3.68. The minimum atomic E-state index is -0.914. The lowest BCUT2D eigenvalue weighted by atomic mass is 10.1. The molecule has 1 saturated heterocycles. The Hall–Kier alpha value is -2.33. The van der Waals surface area contributed by atoms with Crippen molar-refractivity contribution in [1.82, 2.24) is 19.6 Å². The van der Waals surface area contributed by atoms with E-state index in [1.54, 1.807) is 4.90 Å². The molecule has 0 atom stereocenters. The van der Waals surface area contributed by atoms with Gasteiger partial charge in [0.25, 0.3) is 0 Å². The second kappa shape index (κ2) is 13.2. The molecule has 1 heterocycles. The zero-order valence-electron chi connectivity index (χ0n) is 18.3. The van der Waals surface area contributed by atoms with Gasteiger partial charge < -0.3 is 15.0 Å². The molecule has 0 radical (unpaired) electrons. The van der Waals surface area contributed by atoms with Crippen LogP contribution in [0, 0.1) is 6.92 Å². The number of carboxylic acid groups (broad SMARTS) is 2. The minimum absolute atomic E-state index is 0.0729. The molecule has 31 heavy (non-hydrogen) atoms. The van der Waals surface area contributed by atoms with Crippen LogP contribution < -0.4 is 0 Å². The molecule has 1 aromatic rings. The van der Waals surface area contributed by atoms with Gasteiger partial charge in [-0.1, -0.05) is 29.8 Å². The third kappa shape index (κ3) is 10.0. The van der Waals surface area contributed by atoms with Gasteiger partial charge in [-0.2, -0.15) is 0 Å². The molecule has 0 bridgehead atoms. The van der Waals surface area contributed by atoms with E-state index >= 15 is 0 Å². The summed E-state index contributed by atoms with van der Waals surface area (Å²) < 4.78 is 0. The number of aryl methyl sites for hydroxylation is 1. The van der Waals surface area contributed by atoms with Gasteiger partial charge in [0.05, 0.1) is 19.6 Å². The molecule has 9 heteroatoms. The minimum Gasteiger partial charge on any atom is -0.480 e. The molecule has 1 aliphatic heterocycles. The number of hydrogen-bond donors (Lipinski definition) is 2. The van der Waals surface area contributed by atoms with Crippen molar-refractivity contribution in [1.29, 1.82) is 0 Å². The summed E-state index contributed by atoms with van der Waals surface area (Å²) in [5, 5.41) is 18.5. The molecule has 0 aromatic heterocycles. The van der Waals surface area contributed by atoms with Crippen molar-refractivity contribution in [3.05, 3.63) is 35.4 Å². The Bertz CT molecular complexity index is 712. The lowest BCUT2D eigenvalue weighted by molar-refractivity contribution is -0.140. The first kappa shape index (κ1) is 24.9. The van der Waals surface area contributed by atoms with E-state index in [4.69, 9.17) is 0 Å². The summed E-state index contributed by atoms with van der Waals surface area (Å²) in [5.74, 6) is -1.80. The third-order valence-corrected chi connectivity index (χ3v) is 5.51. The van der Waals surface area contributed by atoms with E-state index in [-0.39, 0.29) is 13.1 Å². The highest BCUT2D eigenvalue weighted by Crippen LogP contribution is 2.08. The Morgan fingerprint density at radius 2 is 1.19 bits per heavy atom. The summed E-state index contributed by atoms with van der Waals surface area (Å²) in [6, 6.07) is 8.37. The number of hydrogen-bond acceptors (Lipinski definition) is 7. The van der Waals surface area contributed by atoms with Crippen LogP contribution in [0.3, 0.4) is 0 Å². The number of aliphatic carboxylic acids is 2. The maximum absolute atomic E-state index is 11.3. The fourth-order valence-corrected chi connectivity index (χ4v) is 3.68. The smallest absolute Gasteiger partial charge is 0.317 e. The van der Waals surface area contributed by atoms with Crippen molar-refractivity contribution in [3.63, 3.8) is 0 Å². The average Bonchev–Trinajstić information content (AvgIpc) is 2.70. The predicted octanol–water partition coefficient (Wildman–Crippen LogP) is 0.0847. The Balaban J connectivity index is 2.12. The van der Waals surface area contributed by atoms with Crippen LogP contribution in [0.5, 0.6) is 0 Å². The Labute approximate surface area is 183 Å². The average molecular weight is 435 g/mol. The first-order valence-corrected chi connectivity index (χ1v) is 10.7. The maximum Gasteiger partial charge on any atom is 0.317 e. The summed E-state index contributed by atoms with van der Waals surface area (Å²) in [4.78, 5) is 41.7. The number of carboxylic acids is 2. The number of carbonyl (C=O) groups is 3. The molecule has 1 fully saturated rings. The molecule has 1 aliphatic rings. The number of benzene rings is 1. The van der Waals surface area contributed by atoms with Gasteiger partial charge in [-0.15, -0.1) is 0 Å². The highest BCUT2D eigenvalue weighted by atomic mass is 16.4. The standard InChI is InChI=1S/C22H34N4O5/c1-19-2-4-20(5-3-19)16-24-8-6-23(14-15-27)7-9-25(17-21(28)29)12-13-26(11-10-24)18-22(30)31/h2-5,15H,6-14,16-18H2,1H3,(H,28,29)(H,30,31). The number of nitrogens with zero attached hydrogens (tertiary/aromatic N) is 4. The summed E-state index contributed by atoms with van der Waals surface area (Å²) >= 11 is 0. The van der Waals surface area contributed by atoms with Crippen molar-refractivity contribution >= 4 is 18.2 Å². The van der Waals surface area contributed by atoms with Gasteiger partial charge in [-0.3, -0.25) is 29.2 Å². The quantitative estimate of drug-likeness (QED) is 0.551. The highest BCUT2D eigenvalue weighted by molar-refractivity contribution is 5.69. The predicted molar refractivity (Wildman–Crippen MR) is 117 cm³/mol. The summed E-state index contributed by atoms with van der Waals surface area (Å²) in [6.45, 7) is 7.67. The molecule has 2 rings (SSSR count). The van der Waals surface area contributed by atoms with E-state index < -0.39 is 11.9 Å². The largest absolute Gasteiger partial charge is 0.480 e. The number of aldehydes is 1. The van der Waals surface area contributed by atoms with Gasteiger partial charge in [0.15, 0.2) is 0 Å². The summed E-state index contributed by atoms with van der Waals surface area (Å²) in [6.07, 6.45) is 0.881. The van der Waals surface area contributed by atoms with Crippen LogP contribution in [0.25, 0.3) is 0 Å². The van der Waals surface area contributed by atoms with Crippen LogP contribution >= 0.6 is 0 Å². The first-order chi connectivity index (χ1) is 14.9. The van der Waals surface area contributed by atoms with Crippen LogP contribution in [0.15, 0.2) is 24.3 Å². The van der Waals surface area contributed by atoms with Crippen molar-refractivity contribution < 1.29 is 24.6 Å². The van der Waals surface area contributed by atoms with Crippen molar-refractivity contribution in [2.75, 3.05) is 72.0 Å². The van der Waals surface area contributed by atoms with Gasteiger partial charge in [-0.05, 0) is 12.5 Å². The molecule has 0 amide bonds. The Morgan fingerprint density at radius 3 is 1.61 bits per heavy atom. The number of carbonyl (C=O) groups excluding carboxylic acids is 1. The van der Waals surface area contributed by atoms with Crippen LogP contribution in [-0.4, -0.2) is 120 Å². The van der Waals surface area contributed by atoms with Crippen LogP contribution in [0.2, 0.25) is 0 Å². The van der Waals surface area contributed by atoms with Gasteiger partial charge in [0.2, 0.25) is 0 Å². The maximum atomic E-state index is 11.3. The lowest BCUT2D eigenvalue weighted by Crippen LogP contribution is -2.47. The van der Waals surface area contributed by atoms with Gasteiger partial charge in [-0.25, -0.2) is 0 Å². The monoisotopic (exact) mass is 434 g/mol. The molecule has 0 saturated carbocycles. The summed E-state index contributed by atoms with van der Waals surface area (Å²) in [7, 11) is 0. The van der Waals surface area contributed by atoms with Crippen LogP contribution in [0.4, 0.5) is 0 Å². The first-order valence-electron chi connectivity index (χ1n) is 10.7. The lowest BCUT2D eigenvalue weighted by Gasteiger charge is -2.33. The zero-order valence-corrected chi connectivity index (χ0v) is 18.3. The molecule has 172 valence electrons. The third-order valence-electron chi connectivity index (χ3n) is 5.51. The van der Waals surface area contributed by atoms with E-state index in [0.29, 0.717) is 52.4 Å². The molecule has 0 aliphatic carbocycles. The molecule has 0 unspecified atom stereocenters. The van der Waals surface area contributed by atoms with Gasteiger partial charge in [0.1, 0.15) is 6.29 Å². The fraction of sp³-hybridized carbons (Fsp3) is 0.591. The van der Waals surface area contributed by atoms with Crippen molar-refractivity contribution in [2.45, 2.75) is 13.5 Å². The van der Waals surface area contributed by atoms with Gasteiger partial charge >= 0.3 is 11.9 Å². The molecular formula is C22H34N4O5. The Morgan fingerprint density at radius 1 is 0.774 bits per heavy atom. The zero-order chi connectivity index (χ0) is 22.6. The topological polar surface area (TPSA) is 105 Å². The van der Waals surface area contributed by atoms with Crippen molar-refractivity contribution in [3.8, 4) is 0 Å². The van der Waals surface area contributed by atoms with Gasteiger partial charge in [0, 0.05) is 58.9 Å². The molecule has 2 N–H and O–H groups in total. The molecule has 1 aromatic carbocycles. The van der Waals surface area contributed by atoms with Crippen LogP contribution in [0.1, 0.15) is 11.1 Å². The second-order valence-corrected chi connectivity index (χ2v) is 8.07. The normalized spacial score (nSPS) is 18.7. The van der Waals surface area contributed by atoms with E-state index in [1.807, 2.05) is 9.80 Å².